The number of rotatable bonds is 8. The minimum absolute atomic E-state index is 0.0253. The van der Waals surface area contributed by atoms with Crippen LogP contribution in [0.4, 0.5) is 10.5 Å². The third-order valence-corrected chi connectivity index (χ3v) is 6.98. The predicted octanol–water partition coefficient (Wildman–Crippen LogP) is 3.82. The average molecular weight is 550 g/mol. The Morgan fingerprint density at radius 3 is 2.50 bits per heavy atom. The van der Waals surface area contributed by atoms with E-state index in [1.54, 1.807) is 15.6 Å². The number of carbonyl (C=O) groups excluding carboxylic acids is 3. The van der Waals surface area contributed by atoms with E-state index in [0.717, 1.165) is 23.2 Å². The molecule has 4 rings (SSSR count). The van der Waals surface area contributed by atoms with Crippen LogP contribution in [0.3, 0.4) is 0 Å². The van der Waals surface area contributed by atoms with E-state index in [9.17, 15) is 14.4 Å². The lowest BCUT2D eigenvalue weighted by Gasteiger charge is -2.24. The lowest BCUT2D eigenvalue weighted by atomic mass is 10.00. The summed E-state index contributed by atoms with van der Waals surface area (Å²) in [4.78, 5) is 43.2. The molecule has 3 amide bonds. The van der Waals surface area contributed by atoms with Gasteiger partial charge in [0.15, 0.2) is 0 Å². The van der Waals surface area contributed by atoms with Gasteiger partial charge in [-0.05, 0) is 45.2 Å². The summed E-state index contributed by atoms with van der Waals surface area (Å²) in [5.74, 6) is -0.554. The van der Waals surface area contributed by atoms with E-state index in [1.807, 2.05) is 59.0 Å². The molecule has 4 N–H and O–H groups in total. The first-order chi connectivity index (χ1) is 18.9. The number of carbonyl (C=O) groups is 3. The highest BCUT2D eigenvalue weighted by Crippen LogP contribution is 2.32. The van der Waals surface area contributed by atoms with E-state index in [0.29, 0.717) is 30.8 Å². The van der Waals surface area contributed by atoms with Crippen LogP contribution in [0.25, 0.3) is 16.6 Å². The summed E-state index contributed by atoms with van der Waals surface area (Å²) < 4.78 is 7.28. The molecule has 4 heterocycles. The van der Waals surface area contributed by atoms with Crippen LogP contribution >= 0.6 is 0 Å². The van der Waals surface area contributed by atoms with Crippen molar-refractivity contribution in [1.82, 2.24) is 24.8 Å². The minimum atomic E-state index is -0.593. The summed E-state index contributed by atoms with van der Waals surface area (Å²) >= 11 is 0. The first-order valence-electron chi connectivity index (χ1n) is 13.6. The lowest BCUT2D eigenvalue weighted by molar-refractivity contribution is -0.124. The zero-order valence-electron chi connectivity index (χ0n) is 24.0. The number of pyridine rings is 1. The number of hydrogen-bond donors (Lipinski definition) is 3. The van der Waals surface area contributed by atoms with Crippen molar-refractivity contribution >= 4 is 29.1 Å². The highest BCUT2D eigenvalue weighted by molar-refractivity contribution is 6.02. The molecule has 0 spiro atoms. The molecule has 3 aromatic heterocycles. The molecule has 40 heavy (non-hydrogen) atoms. The molecule has 1 fully saturated rings. The minimum Gasteiger partial charge on any atom is -0.444 e. The van der Waals surface area contributed by atoms with Gasteiger partial charge in [-0.1, -0.05) is 26.8 Å². The summed E-state index contributed by atoms with van der Waals surface area (Å²) in [6, 6.07) is 5.63. The highest BCUT2D eigenvalue weighted by Gasteiger charge is 2.37. The second kappa shape index (κ2) is 11.5. The Morgan fingerprint density at radius 1 is 1.15 bits per heavy atom. The number of nitrogens with zero attached hydrogens (tertiary/aromatic N) is 4. The Kier molecular flexibility index (Phi) is 8.32. The molecular weight excluding hydrogens is 510 g/mol. The number of nitrogens with two attached hydrogens (primary N) is 1. The molecule has 3 aromatic rings. The second-order valence-corrected chi connectivity index (χ2v) is 11.6. The van der Waals surface area contributed by atoms with E-state index in [-0.39, 0.29) is 35.4 Å². The van der Waals surface area contributed by atoms with Crippen molar-refractivity contribution in [3.63, 3.8) is 0 Å². The number of likely N-dealkylation sites (tertiary alicyclic amines) is 1. The Bertz CT molecular complexity index is 1390. The predicted molar refractivity (Wildman–Crippen MR) is 153 cm³/mol. The van der Waals surface area contributed by atoms with Crippen LogP contribution in [-0.4, -0.2) is 62.1 Å². The maximum Gasteiger partial charge on any atom is 0.410 e. The number of amides is 3. The van der Waals surface area contributed by atoms with Crippen LogP contribution in [0.15, 0.2) is 36.8 Å². The molecule has 214 valence electrons. The largest absolute Gasteiger partial charge is 0.444 e. The molecule has 11 heteroatoms. The van der Waals surface area contributed by atoms with Gasteiger partial charge in [0, 0.05) is 48.6 Å². The zero-order chi connectivity index (χ0) is 29.2. The average Bonchev–Trinajstić information content (AvgIpc) is 3.51. The van der Waals surface area contributed by atoms with E-state index in [1.165, 1.54) is 6.20 Å². The Hall–Kier alpha value is -4.15. The van der Waals surface area contributed by atoms with Crippen LogP contribution in [0, 0.1) is 11.8 Å². The van der Waals surface area contributed by atoms with Crippen LogP contribution < -0.4 is 16.4 Å². The molecule has 1 aliphatic rings. The summed E-state index contributed by atoms with van der Waals surface area (Å²) in [5, 5.41) is 10.8. The molecule has 0 aliphatic carbocycles. The second-order valence-electron chi connectivity index (χ2n) is 11.6. The van der Waals surface area contributed by atoms with Gasteiger partial charge < -0.3 is 26.0 Å². The van der Waals surface area contributed by atoms with Crippen molar-refractivity contribution in [2.75, 3.05) is 18.4 Å². The zero-order valence-corrected chi connectivity index (χ0v) is 24.0. The fourth-order valence-electron chi connectivity index (χ4n) is 4.74. The highest BCUT2D eigenvalue weighted by atomic mass is 16.6. The van der Waals surface area contributed by atoms with Gasteiger partial charge in [0.05, 0.1) is 35.2 Å². The smallest absolute Gasteiger partial charge is 0.410 e. The maximum absolute atomic E-state index is 12.8. The van der Waals surface area contributed by atoms with Crippen molar-refractivity contribution in [1.29, 1.82) is 0 Å². The topological polar surface area (TPSA) is 144 Å². The normalized spacial score (nSPS) is 17.3. The number of primary amides is 1. The van der Waals surface area contributed by atoms with Crippen molar-refractivity contribution in [2.45, 2.75) is 66.2 Å². The van der Waals surface area contributed by atoms with Crippen molar-refractivity contribution in [3.05, 3.63) is 48.0 Å². The van der Waals surface area contributed by atoms with Crippen LogP contribution in [0.1, 0.15) is 64.0 Å². The van der Waals surface area contributed by atoms with Gasteiger partial charge in [-0.3, -0.25) is 14.6 Å². The Balaban J connectivity index is 1.60. The van der Waals surface area contributed by atoms with Crippen molar-refractivity contribution < 1.29 is 19.1 Å². The van der Waals surface area contributed by atoms with E-state index < -0.39 is 11.5 Å². The van der Waals surface area contributed by atoms with E-state index in [2.05, 4.69) is 27.6 Å². The van der Waals surface area contributed by atoms with Crippen molar-refractivity contribution in [2.24, 2.45) is 17.6 Å². The van der Waals surface area contributed by atoms with Gasteiger partial charge in [-0.2, -0.15) is 5.10 Å². The first-order valence-corrected chi connectivity index (χ1v) is 13.6. The van der Waals surface area contributed by atoms with E-state index >= 15 is 0 Å². The summed E-state index contributed by atoms with van der Waals surface area (Å²) in [6.07, 6.45) is 5.56. The molecule has 0 radical (unpaired) electrons. The monoisotopic (exact) mass is 549 g/mol. The molecule has 2 unspecified atom stereocenters. The number of nitrogens with one attached hydrogen (secondary N) is 2. The lowest BCUT2D eigenvalue weighted by Crippen LogP contribution is -2.36. The SMILES string of the molecule is CCC1CN(C(=O)OC(C)(C)C)CC1Nc1c(C(N)=O)cnn2cc(-c3ccc(CNC(=O)C(C)C)nc3)cc12. The number of aromatic nitrogens is 3. The first kappa shape index (κ1) is 28.8. The molecule has 1 saturated heterocycles. The number of hydrogen-bond acceptors (Lipinski definition) is 7. The molecule has 0 saturated carbocycles. The molecular formula is C29H39N7O4. The summed E-state index contributed by atoms with van der Waals surface area (Å²) in [5.41, 5.74) is 9.16. The molecule has 0 bridgehead atoms. The van der Waals surface area contributed by atoms with E-state index in [4.69, 9.17) is 10.5 Å². The summed E-state index contributed by atoms with van der Waals surface area (Å²) in [6.45, 7) is 12.6. The number of anilines is 1. The third kappa shape index (κ3) is 6.52. The van der Waals surface area contributed by atoms with Crippen LogP contribution in [-0.2, 0) is 16.1 Å². The number of fused-ring (bicyclic) bond motifs is 1. The fourth-order valence-corrected chi connectivity index (χ4v) is 4.74. The number of ether oxygens (including phenoxy) is 1. The molecule has 0 aromatic carbocycles. The molecule has 1 aliphatic heterocycles. The van der Waals surface area contributed by atoms with Crippen molar-refractivity contribution in [3.8, 4) is 11.1 Å². The van der Waals surface area contributed by atoms with Crippen LogP contribution in [0.5, 0.6) is 0 Å². The Labute approximate surface area is 234 Å². The molecule has 2 atom stereocenters. The standard InChI is InChI=1S/C29H39N7O4/c1-7-18-14-35(28(39)40-29(4,5)6)16-23(18)34-25-22(26(30)37)13-33-36-15-20(10-24(25)36)19-8-9-21(31-11-19)12-32-27(38)17(2)3/h8-11,13,15,17-18,23,34H,7,12,14,16H2,1-6H3,(H2,30,37)(H,32,38). The van der Waals surface area contributed by atoms with Gasteiger partial charge in [0.2, 0.25) is 5.91 Å². The quantitative estimate of drug-likeness (QED) is 0.387. The molecule has 11 nitrogen and oxygen atoms in total. The maximum atomic E-state index is 12.8. The summed E-state index contributed by atoms with van der Waals surface area (Å²) in [7, 11) is 0. The third-order valence-electron chi connectivity index (χ3n) is 6.98. The van der Waals surface area contributed by atoms with Gasteiger partial charge in [-0.25, -0.2) is 9.31 Å². The van der Waals surface area contributed by atoms with Gasteiger partial charge in [0.1, 0.15) is 5.60 Å². The Morgan fingerprint density at radius 2 is 1.90 bits per heavy atom. The van der Waals surface area contributed by atoms with Crippen LogP contribution in [0.2, 0.25) is 0 Å². The van der Waals surface area contributed by atoms with Gasteiger partial charge >= 0.3 is 6.09 Å². The van der Waals surface area contributed by atoms with Gasteiger partial charge in [0.25, 0.3) is 5.91 Å². The van der Waals surface area contributed by atoms with Gasteiger partial charge in [-0.15, -0.1) is 0 Å². The fraction of sp³-hybridized carbons (Fsp3) is 0.483.